The number of hydrogen-bond donors (Lipinski definition) is 0. The molecule has 62 valence electrons. The van der Waals surface area contributed by atoms with Crippen molar-refractivity contribution in [3.63, 3.8) is 0 Å². The Morgan fingerprint density at radius 3 is 2.10 bits per heavy atom. The van der Waals surface area contributed by atoms with Crippen molar-refractivity contribution < 1.29 is 0 Å². The fourth-order valence-corrected chi connectivity index (χ4v) is 1.64. The zero-order valence-corrected chi connectivity index (χ0v) is 9.03. The summed E-state index contributed by atoms with van der Waals surface area (Å²) in [5, 5.41) is 1.07. The van der Waals surface area contributed by atoms with Crippen LogP contribution in [0.4, 0.5) is 0 Å². The minimum absolute atomic E-state index is 0.428. The van der Waals surface area contributed by atoms with E-state index < -0.39 is 0 Å². The van der Waals surface area contributed by atoms with Crippen molar-refractivity contribution in [1.82, 2.24) is 4.90 Å². The maximum Gasteiger partial charge on any atom is 0.0159 e. The van der Waals surface area contributed by atoms with Gasteiger partial charge >= 0.3 is 0 Å². The molecule has 0 aromatic carbocycles. The second-order valence-corrected chi connectivity index (χ2v) is 4.78. The van der Waals surface area contributed by atoms with Crippen LogP contribution in [0.5, 0.6) is 0 Å². The van der Waals surface area contributed by atoms with Crippen molar-refractivity contribution >= 4 is 15.9 Å². The molecule has 0 bridgehead atoms. The lowest BCUT2D eigenvalue weighted by Gasteiger charge is -2.25. The van der Waals surface area contributed by atoms with E-state index in [0.717, 1.165) is 11.9 Å². The highest BCUT2D eigenvalue weighted by atomic mass is 79.9. The number of nitrogens with zero attached hydrogens (tertiary/aromatic N) is 1. The van der Waals surface area contributed by atoms with Crippen LogP contribution in [0.25, 0.3) is 0 Å². The van der Waals surface area contributed by atoms with Crippen molar-refractivity contribution in [2.45, 2.75) is 20.8 Å². The zero-order valence-electron chi connectivity index (χ0n) is 7.45. The molecule has 0 heterocycles. The highest BCUT2D eigenvalue weighted by molar-refractivity contribution is 9.09. The van der Waals surface area contributed by atoms with Crippen molar-refractivity contribution in [2.75, 3.05) is 25.5 Å². The SMILES string of the molecule is CN(CCBr)CC(C)(C)C. The van der Waals surface area contributed by atoms with Gasteiger partial charge in [0.15, 0.2) is 0 Å². The van der Waals surface area contributed by atoms with Gasteiger partial charge in [-0.05, 0) is 12.5 Å². The fraction of sp³-hybridized carbons (Fsp3) is 1.00. The normalized spacial score (nSPS) is 12.6. The first-order chi connectivity index (χ1) is 4.45. The van der Waals surface area contributed by atoms with Gasteiger partial charge < -0.3 is 4.90 Å². The molecule has 0 saturated heterocycles. The largest absolute Gasteiger partial charge is 0.305 e. The molecule has 0 aliphatic carbocycles. The number of alkyl halides is 1. The van der Waals surface area contributed by atoms with Gasteiger partial charge in [-0.25, -0.2) is 0 Å². The predicted molar refractivity (Wildman–Crippen MR) is 50.7 cm³/mol. The summed E-state index contributed by atoms with van der Waals surface area (Å²) in [5.41, 5.74) is 0.428. The average Bonchev–Trinajstić information content (AvgIpc) is 1.59. The van der Waals surface area contributed by atoms with Crippen molar-refractivity contribution in [2.24, 2.45) is 5.41 Å². The summed E-state index contributed by atoms with van der Waals surface area (Å²) in [6.45, 7) is 9.09. The van der Waals surface area contributed by atoms with Crippen LogP contribution in [0.3, 0.4) is 0 Å². The van der Waals surface area contributed by atoms with E-state index >= 15 is 0 Å². The summed E-state index contributed by atoms with van der Waals surface area (Å²) >= 11 is 3.42. The van der Waals surface area contributed by atoms with Gasteiger partial charge in [0, 0.05) is 18.4 Å². The Morgan fingerprint density at radius 2 is 1.80 bits per heavy atom. The van der Waals surface area contributed by atoms with Crippen LogP contribution in [0.15, 0.2) is 0 Å². The van der Waals surface area contributed by atoms with Crippen LogP contribution < -0.4 is 0 Å². The molecular formula is C8H18BrN. The minimum atomic E-state index is 0.428. The summed E-state index contributed by atoms with van der Waals surface area (Å²) in [5.74, 6) is 0. The Morgan fingerprint density at radius 1 is 1.30 bits per heavy atom. The summed E-state index contributed by atoms with van der Waals surface area (Å²) in [6, 6.07) is 0. The van der Waals surface area contributed by atoms with Crippen molar-refractivity contribution in [1.29, 1.82) is 0 Å². The van der Waals surface area contributed by atoms with E-state index in [4.69, 9.17) is 0 Å². The Balaban J connectivity index is 3.47. The third-order valence-corrected chi connectivity index (χ3v) is 1.57. The maximum absolute atomic E-state index is 3.42. The Kier molecular flexibility index (Phi) is 4.54. The maximum atomic E-state index is 3.42. The van der Waals surface area contributed by atoms with Crippen LogP contribution in [-0.2, 0) is 0 Å². The molecule has 0 N–H and O–H groups in total. The second kappa shape index (κ2) is 4.35. The topological polar surface area (TPSA) is 3.24 Å². The summed E-state index contributed by atoms with van der Waals surface area (Å²) in [7, 11) is 2.16. The Bertz CT molecular complexity index is 85.7. The molecule has 0 rings (SSSR count). The molecule has 0 atom stereocenters. The third kappa shape index (κ3) is 6.56. The van der Waals surface area contributed by atoms with E-state index in [2.05, 4.69) is 48.6 Å². The first-order valence-corrected chi connectivity index (χ1v) is 4.82. The van der Waals surface area contributed by atoms with Crippen molar-refractivity contribution in [3.8, 4) is 0 Å². The molecule has 2 heteroatoms. The quantitative estimate of drug-likeness (QED) is 0.643. The van der Waals surface area contributed by atoms with Gasteiger partial charge in [-0.2, -0.15) is 0 Å². The lowest BCUT2D eigenvalue weighted by molar-refractivity contribution is 0.238. The molecule has 1 nitrogen and oxygen atoms in total. The van der Waals surface area contributed by atoms with Crippen molar-refractivity contribution in [3.05, 3.63) is 0 Å². The molecule has 0 aliphatic rings. The van der Waals surface area contributed by atoms with Gasteiger partial charge in [-0.1, -0.05) is 36.7 Å². The molecule has 0 radical (unpaired) electrons. The van der Waals surface area contributed by atoms with E-state index in [-0.39, 0.29) is 0 Å². The van der Waals surface area contributed by atoms with E-state index in [0.29, 0.717) is 5.41 Å². The van der Waals surface area contributed by atoms with E-state index in [1.807, 2.05) is 0 Å². The van der Waals surface area contributed by atoms with Crippen LogP contribution in [-0.4, -0.2) is 30.4 Å². The van der Waals surface area contributed by atoms with Crippen LogP contribution in [0, 0.1) is 5.41 Å². The molecule has 0 amide bonds. The standard InChI is InChI=1S/C8H18BrN/c1-8(2,3)7-10(4)6-5-9/h5-7H2,1-4H3. The molecule has 0 aliphatic heterocycles. The predicted octanol–water partition coefficient (Wildman–Crippen LogP) is 2.36. The van der Waals surface area contributed by atoms with Gasteiger partial charge in [-0.3, -0.25) is 0 Å². The molecular weight excluding hydrogens is 190 g/mol. The van der Waals surface area contributed by atoms with E-state index in [1.165, 1.54) is 6.54 Å². The lowest BCUT2D eigenvalue weighted by Crippen LogP contribution is -2.30. The monoisotopic (exact) mass is 207 g/mol. The smallest absolute Gasteiger partial charge is 0.0159 e. The van der Waals surface area contributed by atoms with E-state index in [9.17, 15) is 0 Å². The molecule has 10 heavy (non-hydrogen) atoms. The Hall–Kier alpha value is 0.440. The zero-order chi connectivity index (χ0) is 8.20. The first kappa shape index (κ1) is 10.4. The molecule has 0 aromatic heterocycles. The second-order valence-electron chi connectivity index (χ2n) is 3.99. The average molecular weight is 208 g/mol. The van der Waals surface area contributed by atoms with Gasteiger partial charge in [0.25, 0.3) is 0 Å². The van der Waals surface area contributed by atoms with Gasteiger partial charge in [-0.15, -0.1) is 0 Å². The van der Waals surface area contributed by atoms with Gasteiger partial charge in [0.1, 0.15) is 0 Å². The molecule has 0 fully saturated rings. The number of hydrogen-bond acceptors (Lipinski definition) is 1. The highest BCUT2D eigenvalue weighted by Gasteiger charge is 2.12. The molecule has 0 spiro atoms. The van der Waals surface area contributed by atoms with Gasteiger partial charge in [0.05, 0.1) is 0 Å². The van der Waals surface area contributed by atoms with Crippen LogP contribution >= 0.6 is 15.9 Å². The molecule has 0 unspecified atom stereocenters. The third-order valence-electron chi connectivity index (χ3n) is 1.21. The highest BCUT2D eigenvalue weighted by Crippen LogP contribution is 2.13. The van der Waals surface area contributed by atoms with Crippen LogP contribution in [0.1, 0.15) is 20.8 Å². The summed E-state index contributed by atoms with van der Waals surface area (Å²) in [6.07, 6.45) is 0. The van der Waals surface area contributed by atoms with E-state index in [1.54, 1.807) is 0 Å². The number of rotatable bonds is 3. The summed E-state index contributed by atoms with van der Waals surface area (Å²) in [4.78, 5) is 2.34. The van der Waals surface area contributed by atoms with Crippen LogP contribution in [0.2, 0.25) is 0 Å². The Labute approximate surface area is 72.9 Å². The summed E-state index contributed by atoms with van der Waals surface area (Å²) < 4.78 is 0. The first-order valence-electron chi connectivity index (χ1n) is 3.70. The lowest BCUT2D eigenvalue weighted by atomic mass is 9.96. The molecule has 0 saturated carbocycles. The van der Waals surface area contributed by atoms with Gasteiger partial charge in [0.2, 0.25) is 0 Å². The minimum Gasteiger partial charge on any atom is -0.305 e. The molecule has 0 aromatic rings. The number of halogens is 1. The fourth-order valence-electron chi connectivity index (χ4n) is 1.03.